The van der Waals surface area contributed by atoms with Gasteiger partial charge in [-0.3, -0.25) is 0 Å². The van der Waals surface area contributed by atoms with Gasteiger partial charge in [-0.25, -0.2) is 0 Å². The number of likely N-dealkylation sites (N-methyl/N-ethyl adjacent to an activating group) is 1. The Morgan fingerprint density at radius 2 is 2.00 bits per heavy atom. The Labute approximate surface area is 114 Å². The molecule has 98 valence electrons. The number of aromatic nitrogens is 1. The molecule has 0 saturated heterocycles. The van der Waals surface area contributed by atoms with Crippen LogP contribution < -0.4 is 0 Å². The Hall–Kier alpha value is -0.930. The Kier molecular flexibility index (Phi) is 4.72. The lowest BCUT2D eigenvalue weighted by Gasteiger charge is -2.17. The Bertz CT molecular complexity index is 500. The molecule has 3 heteroatoms. The first-order valence-electron chi connectivity index (χ1n) is 6.64. The predicted molar refractivity (Wildman–Crippen MR) is 81.6 cm³/mol. The van der Waals surface area contributed by atoms with E-state index in [-0.39, 0.29) is 0 Å². The van der Waals surface area contributed by atoms with Crippen molar-refractivity contribution in [1.82, 2.24) is 9.88 Å². The van der Waals surface area contributed by atoms with Crippen LogP contribution in [-0.2, 0) is 6.42 Å². The molecule has 2 rings (SSSR count). The fourth-order valence-electron chi connectivity index (χ4n) is 2.31. The topological polar surface area (TPSA) is 19.0 Å². The second-order valence-electron chi connectivity index (χ2n) is 4.50. The first-order valence-corrected chi connectivity index (χ1v) is 7.87. The lowest BCUT2D eigenvalue weighted by molar-refractivity contribution is 0.308. The number of benzene rings is 1. The minimum Gasteiger partial charge on any atom is -0.361 e. The summed E-state index contributed by atoms with van der Waals surface area (Å²) in [5.74, 6) is 0. The summed E-state index contributed by atoms with van der Waals surface area (Å²) < 4.78 is 0. The van der Waals surface area contributed by atoms with Gasteiger partial charge < -0.3 is 9.88 Å². The number of aromatic amines is 1. The monoisotopic (exact) mass is 262 g/mol. The molecule has 0 amide bonds. The zero-order chi connectivity index (χ0) is 13.0. The number of hydrogen-bond acceptors (Lipinski definition) is 2. The van der Waals surface area contributed by atoms with Gasteiger partial charge in [0.15, 0.2) is 0 Å². The average Bonchev–Trinajstić information content (AvgIpc) is 2.82. The third-order valence-electron chi connectivity index (χ3n) is 3.57. The Balaban J connectivity index is 2.17. The zero-order valence-electron chi connectivity index (χ0n) is 11.5. The highest BCUT2D eigenvalue weighted by molar-refractivity contribution is 7.98. The first kappa shape index (κ1) is 13.5. The average molecular weight is 262 g/mol. The van der Waals surface area contributed by atoms with Crippen LogP contribution in [0, 0.1) is 0 Å². The number of fused-ring (bicyclic) bond motifs is 1. The largest absolute Gasteiger partial charge is 0.361 e. The van der Waals surface area contributed by atoms with Gasteiger partial charge in [0.25, 0.3) is 0 Å². The summed E-state index contributed by atoms with van der Waals surface area (Å²) in [6.45, 7) is 7.86. The van der Waals surface area contributed by atoms with Crippen LogP contribution in [0.25, 0.3) is 10.9 Å². The maximum Gasteiger partial charge on any atom is 0.0457 e. The number of nitrogens with one attached hydrogen (secondary N) is 1. The van der Waals surface area contributed by atoms with Gasteiger partial charge in [0.1, 0.15) is 0 Å². The molecule has 0 saturated carbocycles. The van der Waals surface area contributed by atoms with E-state index in [9.17, 15) is 0 Å². The third-order valence-corrected chi connectivity index (χ3v) is 4.29. The Morgan fingerprint density at radius 3 is 2.67 bits per heavy atom. The minimum absolute atomic E-state index is 1.12. The molecule has 1 aromatic carbocycles. The van der Waals surface area contributed by atoms with Crippen LogP contribution in [0.2, 0.25) is 0 Å². The van der Waals surface area contributed by atoms with Gasteiger partial charge in [0, 0.05) is 28.5 Å². The number of nitrogens with zero attached hydrogens (tertiary/aromatic N) is 1. The minimum atomic E-state index is 1.12. The molecule has 0 aliphatic carbocycles. The number of hydrogen-bond donors (Lipinski definition) is 1. The van der Waals surface area contributed by atoms with Crippen molar-refractivity contribution in [2.24, 2.45) is 0 Å². The van der Waals surface area contributed by atoms with Crippen molar-refractivity contribution in [2.45, 2.75) is 25.2 Å². The van der Waals surface area contributed by atoms with Crippen molar-refractivity contribution in [3.05, 3.63) is 30.0 Å². The second-order valence-corrected chi connectivity index (χ2v) is 5.38. The summed E-state index contributed by atoms with van der Waals surface area (Å²) >= 11 is 1.80. The van der Waals surface area contributed by atoms with E-state index in [0.717, 1.165) is 26.1 Å². The molecule has 0 aliphatic rings. The van der Waals surface area contributed by atoms with Crippen molar-refractivity contribution >= 4 is 22.7 Å². The third kappa shape index (κ3) is 2.90. The number of H-pyrrole nitrogens is 1. The molecule has 0 radical (unpaired) electrons. The van der Waals surface area contributed by atoms with Crippen LogP contribution in [0.15, 0.2) is 29.3 Å². The molecule has 0 bridgehead atoms. The van der Waals surface area contributed by atoms with Crippen molar-refractivity contribution in [1.29, 1.82) is 0 Å². The fraction of sp³-hybridized carbons (Fsp3) is 0.467. The molecule has 2 nitrogen and oxygen atoms in total. The van der Waals surface area contributed by atoms with Gasteiger partial charge in [-0.15, -0.1) is 11.8 Å². The van der Waals surface area contributed by atoms with Gasteiger partial charge in [-0.1, -0.05) is 13.8 Å². The van der Waals surface area contributed by atoms with Gasteiger partial charge in [0.05, 0.1) is 0 Å². The zero-order valence-corrected chi connectivity index (χ0v) is 12.3. The molecular weight excluding hydrogens is 240 g/mol. The van der Waals surface area contributed by atoms with Gasteiger partial charge in [0.2, 0.25) is 0 Å². The molecule has 0 fully saturated rings. The van der Waals surface area contributed by atoms with Crippen molar-refractivity contribution in [2.75, 3.05) is 25.9 Å². The molecule has 0 spiro atoms. The van der Waals surface area contributed by atoms with Crippen LogP contribution in [0.1, 0.15) is 19.4 Å². The molecule has 0 atom stereocenters. The highest BCUT2D eigenvalue weighted by atomic mass is 32.2. The summed E-state index contributed by atoms with van der Waals surface area (Å²) in [5, 5.41) is 1.38. The van der Waals surface area contributed by atoms with Crippen LogP contribution in [0.4, 0.5) is 0 Å². The van der Waals surface area contributed by atoms with E-state index in [2.05, 4.69) is 54.4 Å². The van der Waals surface area contributed by atoms with E-state index in [1.165, 1.54) is 21.4 Å². The predicted octanol–water partition coefficient (Wildman–Crippen LogP) is 3.77. The van der Waals surface area contributed by atoms with E-state index >= 15 is 0 Å². The maximum atomic E-state index is 3.37. The standard InChI is InChI=1S/C15H22N2S/c1-4-17(5-2)9-8-12-11-16-15-7-6-13(18-3)10-14(12)15/h6-7,10-11,16H,4-5,8-9H2,1-3H3. The van der Waals surface area contributed by atoms with E-state index in [0.29, 0.717) is 0 Å². The van der Waals surface area contributed by atoms with Crippen LogP contribution in [0.3, 0.4) is 0 Å². The molecule has 1 heterocycles. The summed E-state index contributed by atoms with van der Waals surface area (Å²) in [7, 11) is 0. The molecular formula is C15H22N2S. The molecule has 2 aromatic rings. The normalized spacial score (nSPS) is 11.6. The fourth-order valence-corrected chi connectivity index (χ4v) is 2.75. The summed E-state index contributed by atoms with van der Waals surface area (Å²) in [5.41, 5.74) is 2.69. The van der Waals surface area contributed by atoms with Crippen molar-refractivity contribution in [3.8, 4) is 0 Å². The first-order chi connectivity index (χ1) is 8.78. The number of rotatable bonds is 6. The highest BCUT2D eigenvalue weighted by Gasteiger charge is 2.06. The Morgan fingerprint density at radius 1 is 1.22 bits per heavy atom. The van der Waals surface area contributed by atoms with Gasteiger partial charge >= 0.3 is 0 Å². The smallest absolute Gasteiger partial charge is 0.0457 e. The maximum absolute atomic E-state index is 3.37. The summed E-state index contributed by atoms with van der Waals surface area (Å²) in [6.07, 6.45) is 5.42. The lowest BCUT2D eigenvalue weighted by Crippen LogP contribution is -2.25. The highest BCUT2D eigenvalue weighted by Crippen LogP contribution is 2.24. The van der Waals surface area contributed by atoms with E-state index < -0.39 is 0 Å². The number of thioether (sulfide) groups is 1. The molecule has 1 N–H and O–H groups in total. The van der Waals surface area contributed by atoms with Crippen molar-refractivity contribution < 1.29 is 0 Å². The van der Waals surface area contributed by atoms with E-state index in [1.54, 1.807) is 11.8 Å². The van der Waals surface area contributed by atoms with E-state index in [4.69, 9.17) is 0 Å². The van der Waals surface area contributed by atoms with Crippen LogP contribution in [0.5, 0.6) is 0 Å². The molecule has 0 aliphatic heterocycles. The SMILES string of the molecule is CCN(CC)CCc1c[nH]c2ccc(SC)cc12. The summed E-state index contributed by atoms with van der Waals surface area (Å²) in [6, 6.07) is 6.66. The quantitative estimate of drug-likeness (QED) is 0.799. The molecule has 0 unspecified atom stereocenters. The molecule has 1 aromatic heterocycles. The second kappa shape index (κ2) is 6.30. The summed E-state index contributed by atoms with van der Waals surface area (Å²) in [4.78, 5) is 7.18. The van der Waals surface area contributed by atoms with Crippen molar-refractivity contribution in [3.63, 3.8) is 0 Å². The lowest BCUT2D eigenvalue weighted by atomic mass is 10.1. The van der Waals surface area contributed by atoms with Crippen LogP contribution in [-0.4, -0.2) is 35.8 Å². The van der Waals surface area contributed by atoms with E-state index in [1.807, 2.05) is 0 Å². The van der Waals surface area contributed by atoms with Gasteiger partial charge in [-0.2, -0.15) is 0 Å². The molecule has 18 heavy (non-hydrogen) atoms. The van der Waals surface area contributed by atoms with Gasteiger partial charge in [-0.05, 0) is 49.5 Å². The van der Waals surface area contributed by atoms with Crippen LogP contribution >= 0.6 is 11.8 Å².